The molecule has 1 amide bonds. The fourth-order valence-corrected chi connectivity index (χ4v) is 4.35. The van der Waals surface area contributed by atoms with Crippen LogP contribution in [0.4, 0.5) is 20.9 Å². The third-order valence-corrected chi connectivity index (χ3v) is 5.57. The average molecular weight is 381 g/mol. The van der Waals surface area contributed by atoms with Crippen LogP contribution < -0.4 is 9.80 Å². The lowest BCUT2D eigenvalue weighted by Crippen LogP contribution is -2.29. The second-order valence-electron chi connectivity index (χ2n) is 6.58. The maximum atomic E-state index is 14.2. The Balaban J connectivity index is 1.60. The summed E-state index contributed by atoms with van der Waals surface area (Å²) in [7, 11) is 0. The summed E-state index contributed by atoms with van der Waals surface area (Å²) in [5.74, 6) is -0.696. The summed E-state index contributed by atoms with van der Waals surface area (Å²) in [4.78, 5) is 20.5. The maximum Gasteiger partial charge on any atom is 0.230 e. The Morgan fingerprint density at radius 3 is 2.81 bits per heavy atom. The van der Waals surface area contributed by atoms with Crippen molar-refractivity contribution in [1.29, 1.82) is 0 Å². The molecule has 4 nitrogen and oxygen atoms in total. The molecule has 0 saturated carbocycles. The quantitative estimate of drug-likeness (QED) is 0.644. The van der Waals surface area contributed by atoms with Crippen LogP contribution in [0.25, 0.3) is 0 Å². The molecule has 0 spiro atoms. The number of nitrogens with zero attached hydrogens (tertiary/aromatic N) is 3. The third kappa shape index (κ3) is 3.57. The Morgan fingerprint density at radius 1 is 1.22 bits per heavy atom. The van der Waals surface area contributed by atoms with Crippen LogP contribution in [0.5, 0.6) is 0 Å². The van der Waals surface area contributed by atoms with Gasteiger partial charge >= 0.3 is 0 Å². The van der Waals surface area contributed by atoms with Gasteiger partial charge in [0.25, 0.3) is 0 Å². The number of amides is 1. The molecule has 1 aromatic heterocycles. The van der Waals surface area contributed by atoms with Crippen molar-refractivity contribution in [2.75, 3.05) is 16.3 Å². The van der Waals surface area contributed by atoms with Gasteiger partial charge in [-0.05, 0) is 36.6 Å². The molecule has 1 aliphatic heterocycles. The van der Waals surface area contributed by atoms with Gasteiger partial charge in [0.2, 0.25) is 5.91 Å². The third-order valence-electron chi connectivity index (χ3n) is 4.70. The second-order valence-corrected chi connectivity index (χ2v) is 7.42. The summed E-state index contributed by atoms with van der Waals surface area (Å²) in [6, 6.07) is 14.7. The van der Waals surface area contributed by atoms with Gasteiger partial charge in [0, 0.05) is 24.5 Å². The summed E-state index contributed by atoms with van der Waals surface area (Å²) < 4.78 is 14.2. The number of halogens is 1. The molecule has 4 rings (SSSR count). The zero-order valence-electron chi connectivity index (χ0n) is 15.1. The highest BCUT2D eigenvalue weighted by atomic mass is 32.1. The molecule has 0 unspecified atom stereocenters. The molecular weight excluding hydrogens is 361 g/mol. The number of para-hydroxylation sites is 2. The van der Waals surface area contributed by atoms with Crippen molar-refractivity contribution in [2.24, 2.45) is 0 Å². The topological polar surface area (TPSA) is 36.4 Å². The van der Waals surface area contributed by atoms with Crippen molar-refractivity contribution in [3.63, 3.8) is 0 Å². The van der Waals surface area contributed by atoms with Gasteiger partial charge in [-0.3, -0.25) is 9.69 Å². The van der Waals surface area contributed by atoms with Gasteiger partial charge in [0.05, 0.1) is 17.9 Å². The monoisotopic (exact) mass is 381 g/mol. The summed E-state index contributed by atoms with van der Waals surface area (Å²) in [6.07, 6.45) is 2.21. The minimum Gasteiger partial charge on any atom is -0.365 e. The number of anilines is 3. The van der Waals surface area contributed by atoms with Crippen molar-refractivity contribution in [2.45, 2.75) is 26.3 Å². The number of carbonyl (C=O) groups excluding carboxylic acids is 1. The van der Waals surface area contributed by atoms with E-state index in [-0.39, 0.29) is 11.6 Å². The zero-order valence-corrected chi connectivity index (χ0v) is 15.9. The first-order valence-electron chi connectivity index (χ1n) is 8.96. The van der Waals surface area contributed by atoms with E-state index in [2.05, 4.69) is 34.1 Å². The minimum absolute atomic E-state index is 0.231. The first kappa shape index (κ1) is 17.7. The summed E-state index contributed by atoms with van der Waals surface area (Å²) in [5.41, 5.74) is 3.72. The van der Waals surface area contributed by atoms with Crippen molar-refractivity contribution in [3.05, 3.63) is 71.0 Å². The lowest BCUT2D eigenvalue weighted by atomic mass is 10.0. The second kappa shape index (κ2) is 7.48. The number of rotatable bonds is 4. The number of fused-ring (bicyclic) bond motifs is 1. The van der Waals surface area contributed by atoms with E-state index in [0.29, 0.717) is 11.7 Å². The average Bonchev–Trinajstić information content (AvgIpc) is 3.11. The highest BCUT2D eigenvalue weighted by Crippen LogP contribution is 2.32. The van der Waals surface area contributed by atoms with Crippen molar-refractivity contribution >= 4 is 33.8 Å². The maximum absolute atomic E-state index is 14.2. The van der Waals surface area contributed by atoms with Crippen molar-refractivity contribution in [3.8, 4) is 0 Å². The van der Waals surface area contributed by atoms with Gasteiger partial charge in [0.1, 0.15) is 5.82 Å². The van der Waals surface area contributed by atoms with E-state index in [1.54, 1.807) is 18.2 Å². The Hall–Kier alpha value is -2.73. The van der Waals surface area contributed by atoms with E-state index in [9.17, 15) is 9.18 Å². The molecule has 0 fully saturated rings. The number of carbonyl (C=O) groups is 1. The molecular formula is C21H20FN3OS. The van der Waals surface area contributed by atoms with Crippen LogP contribution in [0.1, 0.15) is 24.6 Å². The SMILES string of the molecule is CC(=O)N(c1nc(CN2CCCc3ccccc32)cs1)c1ccccc1F. The lowest BCUT2D eigenvalue weighted by molar-refractivity contribution is -0.115. The number of hydrogen-bond donors (Lipinski definition) is 0. The van der Waals surface area contributed by atoms with Crippen LogP contribution >= 0.6 is 11.3 Å². The number of aromatic nitrogens is 1. The van der Waals surface area contributed by atoms with E-state index in [1.165, 1.54) is 40.5 Å². The molecule has 2 heterocycles. The van der Waals surface area contributed by atoms with Crippen LogP contribution in [0.15, 0.2) is 53.9 Å². The Labute approximate surface area is 161 Å². The zero-order chi connectivity index (χ0) is 18.8. The highest BCUT2D eigenvalue weighted by molar-refractivity contribution is 7.14. The number of thiazole rings is 1. The van der Waals surface area contributed by atoms with Crippen LogP contribution in [-0.2, 0) is 17.8 Å². The van der Waals surface area contributed by atoms with Gasteiger partial charge in [-0.25, -0.2) is 9.37 Å². The Kier molecular flexibility index (Phi) is 4.90. The van der Waals surface area contributed by atoms with E-state index in [1.807, 2.05) is 5.38 Å². The van der Waals surface area contributed by atoms with Crippen molar-refractivity contribution in [1.82, 2.24) is 4.98 Å². The molecule has 1 aliphatic rings. The van der Waals surface area contributed by atoms with Gasteiger partial charge in [0.15, 0.2) is 5.13 Å². The molecule has 6 heteroatoms. The smallest absolute Gasteiger partial charge is 0.230 e. The largest absolute Gasteiger partial charge is 0.365 e. The number of hydrogen-bond acceptors (Lipinski definition) is 4. The molecule has 0 radical (unpaired) electrons. The molecule has 138 valence electrons. The molecule has 2 aromatic carbocycles. The number of aryl methyl sites for hydroxylation is 1. The Morgan fingerprint density at radius 2 is 2.00 bits per heavy atom. The van der Waals surface area contributed by atoms with Crippen LogP contribution in [0.3, 0.4) is 0 Å². The molecule has 0 saturated heterocycles. The normalized spacial score (nSPS) is 13.3. The molecule has 27 heavy (non-hydrogen) atoms. The van der Waals surface area contributed by atoms with Gasteiger partial charge < -0.3 is 4.90 Å². The Bertz CT molecular complexity index is 971. The molecule has 0 bridgehead atoms. The van der Waals surface area contributed by atoms with Gasteiger partial charge in [-0.2, -0.15) is 0 Å². The summed E-state index contributed by atoms with van der Waals surface area (Å²) in [6.45, 7) is 3.08. The summed E-state index contributed by atoms with van der Waals surface area (Å²) in [5, 5.41) is 2.44. The molecule has 0 N–H and O–H groups in total. The lowest BCUT2D eigenvalue weighted by Gasteiger charge is -2.30. The van der Waals surface area contributed by atoms with E-state index >= 15 is 0 Å². The number of benzene rings is 2. The van der Waals surface area contributed by atoms with E-state index < -0.39 is 5.82 Å². The van der Waals surface area contributed by atoms with Crippen LogP contribution in [0, 0.1) is 5.82 Å². The first-order chi connectivity index (χ1) is 13.1. The van der Waals surface area contributed by atoms with E-state index in [0.717, 1.165) is 25.1 Å². The van der Waals surface area contributed by atoms with Gasteiger partial charge in [-0.15, -0.1) is 11.3 Å². The fourth-order valence-electron chi connectivity index (χ4n) is 3.48. The molecule has 0 aliphatic carbocycles. The first-order valence-corrected chi connectivity index (χ1v) is 9.84. The predicted molar refractivity (Wildman–Crippen MR) is 107 cm³/mol. The van der Waals surface area contributed by atoms with Crippen molar-refractivity contribution < 1.29 is 9.18 Å². The summed E-state index contributed by atoms with van der Waals surface area (Å²) >= 11 is 1.36. The van der Waals surface area contributed by atoms with Crippen LogP contribution in [-0.4, -0.2) is 17.4 Å². The van der Waals surface area contributed by atoms with Crippen LogP contribution in [0.2, 0.25) is 0 Å². The standard InChI is InChI=1S/C21H20FN3OS/c1-15(26)25(20-11-5-3-9-18(20)22)21-23-17(14-27-21)13-24-12-6-8-16-7-2-4-10-19(16)24/h2-5,7,9-11,14H,6,8,12-13H2,1H3. The fraction of sp³-hybridized carbons (Fsp3) is 0.238. The highest BCUT2D eigenvalue weighted by Gasteiger charge is 2.22. The predicted octanol–water partition coefficient (Wildman–Crippen LogP) is 4.92. The van der Waals surface area contributed by atoms with Gasteiger partial charge in [-0.1, -0.05) is 30.3 Å². The van der Waals surface area contributed by atoms with E-state index in [4.69, 9.17) is 0 Å². The molecule has 3 aromatic rings. The minimum atomic E-state index is -0.436. The molecule has 0 atom stereocenters.